The van der Waals surface area contributed by atoms with E-state index in [4.69, 9.17) is 14.2 Å². The van der Waals surface area contributed by atoms with Gasteiger partial charge in [-0.25, -0.2) is 4.98 Å². The lowest BCUT2D eigenvalue weighted by molar-refractivity contribution is 0.0783. The first-order valence-electron chi connectivity index (χ1n) is 8.88. The summed E-state index contributed by atoms with van der Waals surface area (Å²) in [5.41, 5.74) is 1.43. The van der Waals surface area contributed by atoms with Gasteiger partial charge in [0.1, 0.15) is 5.82 Å². The van der Waals surface area contributed by atoms with Crippen molar-refractivity contribution in [2.24, 2.45) is 0 Å². The Bertz CT molecular complexity index is 773. The Kier molecular flexibility index (Phi) is 6.13. The molecule has 1 amide bonds. The average Bonchev–Trinajstić information content (AvgIpc) is 2.73. The van der Waals surface area contributed by atoms with Crippen LogP contribution >= 0.6 is 0 Å². The molecule has 1 fully saturated rings. The highest BCUT2D eigenvalue weighted by molar-refractivity contribution is 5.94. The van der Waals surface area contributed by atoms with E-state index in [2.05, 4.69) is 9.88 Å². The molecule has 1 aromatic heterocycles. The molecule has 7 heteroatoms. The number of aromatic nitrogens is 1. The lowest BCUT2D eigenvalue weighted by Gasteiger charge is -2.27. The second-order valence-corrected chi connectivity index (χ2v) is 6.32. The molecule has 1 aliphatic rings. The normalized spacial score (nSPS) is 14.0. The zero-order chi connectivity index (χ0) is 19.2. The SMILES string of the molecule is COc1cccc(CN(C)C(=O)c2ccc(N3CCOCC3)nc2)c1OC. The van der Waals surface area contributed by atoms with E-state index in [0.717, 1.165) is 24.5 Å². The number of nitrogens with zero attached hydrogens (tertiary/aromatic N) is 3. The van der Waals surface area contributed by atoms with Crippen LogP contribution < -0.4 is 14.4 Å². The summed E-state index contributed by atoms with van der Waals surface area (Å²) in [6.45, 7) is 3.44. The summed E-state index contributed by atoms with van der Waals surface area (Å²) >= 11 is 0. The molecule has 144 valence electrons. The molecule has 0 aliphatic carbocycles. The van der Waals surface area contributed by atoms with Gasteiger partial charge in [-0.1, -0.05) is 12.1 Å². The van der Waals surface area contributed by atoms with E-state index in [1.54, 1.807) is 32.4 Å². The van der Waals surface area contributed by atoms with E-state index in [0.29, 0.717) is 36.8 Å². The molecule has 0 atom stereocenters. The molecule has 27 heavy (non-hydrogen) atoms. The standard InChI is InChI=1S/C20H25N3O4/c1-22(14-16-5-4-6-17(25-2)19(16)26-3)20(24)15-7-8-18(21-13-15)23-9-11-27-12-10-23/h4-8,13H,9-12,14H2,1-3H3. The van der Waals surface area contributed by atoms with Gasteiger partial charge in [-0.3, -0.25) is 4.79 Å². The topological polar surface area (TPSA) is 64.1 Å². The predicted molar refractivity (Wildman–Crippen MR) is 103 cm³/mol. The number of anilines is 1. The van der Waals surface area contributed by atoms with Gasteiger partial charge in [-0.15, -0.1) is 0 Å². The van der Waals surface area contributed by atoms with Gasteiger partial charge in [0.05, 0.1) is 33.0 Å². The Morgan fingerprint density at radius 3 is 2.59 bits per heavy atom. The van der Waals surface area contributed by atoms with Crippen LogP contribution in [0.2, 0.25) is 0 Å². The number of carbonyl (C=O) groups excluding carboxylic acids is 1. The van der Waals surface area contributed by atoms with Crippen molar-refractivity contribution in [2.75, 3.05) is 52.5 Å². The van der Waals surface area contributed by atoms with E-state index in [-0.39, 0.29) is 5.91 Å². The maximum Gasteiger partial charge on any atom is 0.255 e. The van der Waals surface area contributed by atoms with Gasteiger partial charge in [-0.2, -0.15) is 0 Å². The Labute approximate surface area is 159 Å². The van der Waals surface area contributed by atoms with E-state index < -0.39 is 0 Å². The summed E-state index contributed by atoms with van der Waals surface area (Å²) in [6.07, 6.45) is 1.63. The van der Waals surface area contributed by atoms with Gasteiger partial charge >= 0.3 is 0 Å². The summed E-state index contributed by atoms with van der Waals surface area (Å²) in [4.78, 5) is 21.0. The molecule has 0 radical (unpaired) electrons. The van der Waals surface area contributed by atoms with Crippen molar-refractivity contribution in [1.82, 2.24) is 9.88 Å². The van der Waals surface area contributed by atoms with Crippen LogP contribution in [0.4, 0.5) is 5.82 Å². The van der Waals surface area contributed by atoms with Gasteiger partial charge in [0, 0.05) is 38.4 Å². The number of pyridine rings is 1. The minimum absolute atomic E-state index is 0.0964. The number of hydrogen-bond acceptors (Lipinski definition) is 6. The number of hydrogen-bond donors (Lipinski definition) is 0. The zero-order valence-corrected chi connectivity index (χ0v) is 16.0. The van der Waals surface area contributed by atoms with E-state index in [1.165, 1.54) is 0 Å². The first-order chi connectivity index (χ1) is 13.1. The third kappa shape index (κ3) is 4.31. The molecule has 0 bridgehead atoms. The molecule has 2 heterocycles. The Hall–Kier alpha value is -2.80. The summed E-state index contributed by atoms with van der Waals surface area (Å²) in [6, 6.07) is 9.34. The molecule has 3 rings (SSSR count). The van der Waals surface area contributed by atoms with Crippen molar-refractivity contribution in [1.29, 1.82) is 0 Å². The molecule has 7 nitrogen and oxygen atoms in total. The maximum absolute atomic E-state index is 12.8. The predicted octanol–water partition coefficient (Wildman–Crippen LogP) is 2.21. The van der Waals surface area contributed by atoms with Crippen LogP contribution in [-0.2, 0) is 11.3 Å². The number of para-hydroxylation sites is 1. The average molecular weight is 371 g/mol. The highest BCUT2D eigenvalue weighted by atomic mass is 16.5. The quantitative estimate of drug-likeness (QED) is 0.776. The van der Waals surface area contributed by atoms with Gasteiger partial charge in [0.25, 0.3) is 5.91 Å². The third-order valence-electron chi connectivity index (χ3n) is 4.57. The van der Waals surface area contributed by atoms with Gasteiger partial charge < -0.3 is 24.0 Å². The Morgan fingerprint density at radius 2 is 1.96 bits per heavy atom. The van der Waals surface area contributed by atoms with Crippen LogP contribution in [-0.4, -0.2) is 63.4 Å². The van der Waals surface area contributed by atoms with Gasteiger partial charge in [-0.05, 0) is 18.2 Å². The van der Waals surface area contributed by atoms with E-state index in [1.807, 2.05) is 30.3 Å². The monoisotopic (exact) mass is 371 g/mol. The number of amides is 1. The number of methoxy groups -OCH3 is 2. The molecular weight excluding hydrogens is 346 g/mol. The Morgan fingerprint density at radius 1 is 1.19 bits per heavy atom. The van der Waals surface area contributed by atoms with Crippen LogP contribution in [0.1, 0.15) is 15.9 Å². The minimum atomic E-state index is -0.0964. The van der Waals surface area contributed by atoms with Crippen molar-refractivity contribution in [2.45, 2.75) is 6.54 Å². The highest BCUT2D eigenvalue weighted by Gasteiger charge is 2.18. The lowest BCUT2D eigenvalue weighted by atomic mass is 10.1. The largest absolute Gasteiger partial charge is 0.493 e. The van der Waals surface area contributed by atoms with Crippen LogP contribution in [0.3, 0.4) is 0 Å². The summed E-state index contributed by atoms with van der Waals surface area (Å²) < 4.78 is 16.1. The summed E-state index contributed by atoms with van der Waals surface area (Å²) in [5, 5.41) is 0. The third-order valence-corrected chi connectivity index (χ3v) is 4.57. The van der Waals surface area contributed by atoms with Crippen LogP contribution in [0, 0.1) is 0 Å². The fourth-order valence-electron chi connectivity index (χ4n) is 3.12. The van der Waals surface area contributed by atoms with Crippen molar-refractivity contribution < 1.29 is 19.0 Å². The molecular formula is C20H25N3O4. The summed E-state index contributed by atoms with van der Waals surface area (Å²) in [7, 11) is 4.95. The number of rotatable bonds is 6. The molecule has 0 spiro atoms. The second-order valence-electron chi connectivity index (χ2n) is 6.32. The first kappa shape index (κ1) is 19.0. The molecule has 1 saturated heterocycles. The Balaban J connectivity index is 1.70. The number of carbonyl (C=O) groups is 1. The number of morpholine rings is 1. The lowest BCUT2D eigenvalue weighted by Crippen LogP contribution is -2.36. The second kappa shape index (κ2) is 8.73. The maximum atomic E-state index is 12.8. The number of ether oxygens (including phenoxy) is 3. The molecule has 2 aromatic rings. The smallest absolute Gasteiger partial charge is 0.255 e. The molecule has 0 unspecified atom stereocenters. The van der Waals surface area contributed by atoms with Crippen molar-refractivity contribution in [3.8, 4) is 11.5 Å². The van der Waals surface area contributed by atoms with Crippen molar-refractivity contribution in [3.05, 3.63) is 47.7 Å². The molecule has 1 aromatic carbocycles. The fourth-order valence-corrected chi connectivity index (χ4v) is 3.12. The zero-order valence-electron chi connectivity index (χ0n) is 16.0. The fraction of sp³-hybridized carbons (Fsp3) is 0.400. The molecule has 1 aliphatic heterocycles. The highest BCUT2D eigenvalue weighted by Crippen LogP contribution is 2.31. The minimum Gasteiger partial charge on any atom is -0.493 e. The van der Waals surface area contributed by atoms with Crippen LogP contribution in [0.25, 0.3) is 0 Å². The van der Waals surface area contributed by atoms with Gasteiger partial charge in [0.15, 0.2) is 11.5 Å². The van der Waals surface area contributed by atoms with Crippen molar-refractivity contribution >= 4 is 11.7 Å². The number of benzene rings is 1. The van der Waals surface area contributed by atoms with Crippen LogP contribution in [0.5, 0.6) is 11.5 Å². The van der Waals surface area contributed by atoms with E-state index >= 15 is 0 Å². The summed E-state index contributed by atoms with van der Waals surface area (Å²) in [5.74, 6) is 2.06. The van der Waals surface area contributed by atoms with Gasteiger partial charge in [0.2, 0.25) is 0 Å². The van der Waals surface area contributed by atoms with E-state index in [9.17, 15) is 4.79 Å². The van der Waals surface area contributed by atoms with Crippen LogP contribution in [0.15, 0.2) is 36.5 Å². The molecule has 0 N–H and O–H groups in total. The molecule has 0 saturated carbocycles. The van der Waals surface area contributed by atoms with Crippen molar-refractivity contribution in [3.63, 3.8) is 0 Å². The first-order valence-corrected chi connectivity index (χ1v) is 8.88.